The number of carbonyl (C=O) groups excluding carboxylic acids is 1. The van der Waals surface area contributed by atoms with Crippen molar-refractivity contribution in [1.82, 2.24) is 5.32 Å². The van der Waals surface area contributed by atoms with Crippen molar-refractivity contribution in [2.45, 2.75) is 32.6 Å². The molecule has 0 bridgehead atoms. The second kappa shape index (κ2) is 8.34. The molecule has 2 aromatic rings. The van der Waals surface area contributed by atoms with Gasteiger partial charge in [-0.2, -0.15) is 0 Å². The highest BCUT2D eigenvalue weighted by Crippen LogP contribution is 2.30. The van der Waals surface area contributed by atoms with Gasteiger partial charge in [0.1, 0.15) is 12.4 Å². The Morgan fingerprint density at radius 3 is 2.58 bits per heavy atom. The first-order valence-electron chi connectivity index (χ1n) is 8.10. The summed E-state index contributed by atoms with van der Waals surface area (Å²) in [5.74, 6) is 0.882. The maximum Gasteiger partial charge on any atom is 0.224 e. The molecule has 0 spiro atoms. The lowest BCUT2D eigenvalue weighted by molar-refractivity contribution is -0.120. The minimum Gasteiger partial charge on any atom is -0.491 e. The summed E-state index contributed by atoms with van der Waals surface area (Å²) in [5.41, 5.74) is 2.19. The van der Waals surface area contributed by atoms with E-state index in [0.29, 0.717) is 19.6 Å². The van der Waals surface area contributed by atoms with Crippen LogP contribution in [0.4, 0.5) is 0 Å². The maximum atomic E-state index is 12.0. The molecule has 0 aromatic heterocycles. The van der Waals surface area contributed by atoms with Crippen LogP contribution in [0.15, 0.2) is 53.0 Å². The van der Waals surface area contributed by atoms with Crippen molar-refractivity contribution in [3.05, 3.63) is 64.1 Å². The third-order valence-electron chi connectivity index (χ3n) is 3.63. The summed E-state index contributed by atoms with van der Waals surface area (Å²) >= 11 is 3.41. The molecule has 0 atom stereocenters. The van der Waals surface area contributed by atoms with Crippen molar-refractivity contribution >= 4 is 21.8 Å². The molecule has 128 valence electrons. The van der Waals surface area contributed by atoms with Gasteiger partial charge >= 0.3 is 0 Å². The Bertz CT molecular complexity index is 692. The first-order valence-corrected chi connectivity index (χ1v) is 8.89. The van der Waals surface area contributed by atoms with Crippen LogP contribution in [-0.4, -0.2) is 19.1 Å². The fraction of sp³-hybridized carbons (Fsp3) is 0.350. The number of rotatable bonds is 6. The molecular weight excluding hydrogens is 366 g/mol. The molecule has 0 radical (unpaired) electrons. The van der Waals surface area contributed by atoms with Crippen LogP contribution in [-0.2, 0) is 16.6 Å². The van der Waals surface area contributed by atoms with E-state index in [2.05, 4.69) is 48.1 Å². The summed E-state index contributed by atoms with van der Waals surface area (Å²) in [4.78, 5) is 12.0. The lowest BCUT2D eigenvalue weighted by atomic mass is 9.86. The first kappa shape index (κ1) is 18.5. The molecule has 1 amide bonds. The zero-order valence-corrected chi connectivity index (χ0v) is 16.0. The second-order valence-electron chi connectivity index (χ2n) is 6.75. The number of amides is 1. The molecule has 24 heavy (non-hydrogen) atoms. The first-order chi connectivity index (χ1) is 11.4. The summed E-state index contributed by atoms with van der Waals surface area (Å²) in [6.45, 7) is 7.43. The van der Waals surface area contributed by atoms with Crippen molar-refractivity contribution in [1.29, 1.82) is 0 Å². The van der Waals surface area contributed by atoms with Gasteiger partial charge in [0.15, 0.2) is 0 Å². The van der Waals surface area contributed by atoms with E-state index < -0.39 is 0 Å². The number of para-hydroxylation sites is 1. The fourth-order valence-electron chi connectivity index (χ4n) is 2.46. The molecule has 3 nitrogen and oxygen atoms in total. The fourth-order valence-corrected chi connectivity index (χ4v) is 2.91. The Balaban J connectivity index is 1.80. The van der Waals surface area contributed by atoms with Gasteiger partial charge in [0, 0.05) is 4.47 Å². The molecule has 2 rings (SSSR count). The van der Waals surface area contributed by atoms with Gasteiger partial charge in [-0.25, -0.2) is 0 Å². The molecule has 1 N–H and O–H groups in total. The summed E-state index contributed by atoms with van der Waals surface area (Å²) in [6, 6.07) is 15.8. The van der Waals surface area contributed by atoms with Crippen LogP contribution in [0.2, 0.25) is 0 Å². The normalized spacial score (nSPS) is 11.2. The van der Waals surface area contributed by atoms with Crippen molar-refractivity contribution < 1.29 is 9.53 Å². The number of hydrogen-bond acceptors (Lipinski definition) is 2. The Kier molecular flexibility index (Phi) is 6.44. The minimum absolute atomic E-state index is 0.000747. The number of halogens is 1. The van der Waals surface area contributed by atoms with Crippen molar-refractivity contribution in [2.24, 2.45) is 0 Å². The zero-order valence-electron chi connectivity index (χ0n) is 14.4. The van der Waals surface area contributed by atoms with Crippen molar-refractivity contribution in [3.63, 3.8) is 0 Å². The summed E-state index contributed by atoms with van der Waals surface area (Å²) in [6.07, 6.45) is 0.373. The third-order valence-corrected chi connectivity index (χ3v) is 4.12. The van der Waals surface area contributed by atoms with Crippen LogP contribution in [0.3, 0.4) is 0 Å². The molecule has 0 saturated heterocycles. The van der Waals surface area contributed by atoms with E-state index >= 15 is 0 Å². The van der Waals surface area contributed by atoms with Gasteiger partial charge in [0.25, 0.3) is 0 Å². The maximum absolute atomic E-state index is 12.0. The third kappa shape index (κ3) is 5.68. The molecule has 0 aliphatic carbocycles. The smallest absolute Gasteiger partial charge is 0.224 e. The van der Waals surface area contributed by atoms with E-state index in [4.69, 9.17) is 4.74 Å². The molecule has 0 fully saturated rings. The van der Waals surface area contributed by atoms with Crippen molar-refractivity contribution in [2.75, 3.05) is 13.2 Å². The molecule has 0 unspecified atom stereocenters. The quantitative estimate of drug-likeness (QED) is 0.739. The Morgan fingerprint density at radius 1 is 1.12 bits per heavy atom. The summed E-state index contributed by atoms with van der Waals surface area (Å²) in [7, 11) is 0. The number of ether oxygens (including phenoxy) is 1. The van der Waals surface area contributed by atoms with E-state index in [1.807, 2.05) is 42.5 Å². The predicted octanol–water partition coefficient (Wildman–Crippen LogP) is 4.48. The monoisotopic (exact) mass is 389 g/mol. The molecule has 2 aromatic carbocycles. The molecule has 0 aliphatic rings. The van der Waals surface area contributed by atoms with Gasteiger partial charge in [-0.05, 0) is 34.7 Å². The van der Waals surface area contributed by atoms with Gasteiger partial charge in [0.2, 0.25) is 5.91 Å². The highest BCUT2D eigenvalue weighted by atomic mass is 79.9. The van der Waals surface area contributed by atoms with Crippen LogP contribution in [0, 0.1) is 0 Å². The summed E-state index contributed by atoms with van der Waals surface area (Å²) < 4.78 is 6.84. The van der Waals surface area contributed by atoms with Crippen LogP contribution in [0.5, 0.6) is 5.75 Å². The molecule has 0 aliphatic heterocycles. The minimum atomic E-state index is 0.000747. The van der Waals surface area contributed by atoms with Crippen LogP contribution < -0.4 is 10.1 Å². The van der Waals surface area contributed by atoms with Crippen molar-refractivity contribution in [3.8, 4) is 5.75 Å². The Morgan fingerprint density at radius 2 is 1.88 bits per heavy atom. The van der Waals surface area contributed by atoms with Gasteiger partial charge in [-0.3, -0.25) is 4.79 Å². The molecule has 0 saturated carbocycles. The molecular formula is C20H24BrNO2. The van der Waals surface area contributed by atoms with Gasteiger partial charge in [0.05, 0.1) is 13.0 Å². The number of carbonyl (C=O) groups is 1. The van der Waals surface area contributed by atoms with Crippen LogP contribution in [0.25, 0.3) is 0 Å². The highest BCUT2D eigenvalue weighted by molar-refractivity contribution is 9.10. The largest absolute Gasteiger partial charge is 0.491 e. The van der Waals surface area contributed by atoms with E-state index in [-0.39, 0.29) is 11.3 Å². The summed E-state index contributed by atoms with van der Waals surface area (Å²) in [5, 5.41) is 2.90. The Labute approximate surface area is 152 Å². The highest BCUT2D eigenvalue weighted by Gasteiger charge is 2.18. The van der Waals surface area contributed by atoms with Gasteiger partial charge in [-0.15, -0.1) is 0 Å². The average molecular weight is 390 g/mol. The average Bonchev–Trinajstić information content (AvgIpc) is 2.51. The van der Waals surface area contributed by atoms with Crippen LogP contribution in [0.1, 0.15) is 31.9 Å². The van der Waals surface area contributed by atoms with E-state index in [1.54, 1.807) is 0 Å². The SMILES string of the molecule is CC(C)(C)c1ccccc1OCCNC(=O)Cc1cccc(Br)c1. The Hall–Kier alpha value is -1.81. The van der Waals surface area contributed by atoms with E-state index in [0.717, 1.165) is 15.8 Å². The number of nitrogens with one attached hydrogen (secondary N) is 1. The number of benzene rings is 2. The molecule has 4 heteroatoms. The second-order valence-corrected chi connectivity index (χ2v) is 7.67. The van der Waals surface area contributed by atoms with E-state index in [9.17, 15) is 4.79 Å². The lowest BCUT2D eigenvalue weighted by Crippen LogP contribution is -2.29. The number of hydrogen-bond donors (Lipinski definition) is 1. The van der Waals surface area contributed by atoms with Gasteiger partial charge < -0.3 is 10.1 Å². The standard InChI is InChI=1S/C20H24BrNO2/c1-20(2,3)17-9-4-5-10-18(17)24-12-11-22-19(23)14-15-7-6-8-16(21)13-15/h4-10,13H,11-12,14H2,1-3H3,(H,22,23). The van der Waals surface area contributed by atoms with Gasteiger partial charge in [-0.1, -0.05) is 67.0 Å². The zero-order chi connectivity index (χ0) is 17.6. The van der Waals surface area contributed by atoms with E-state index in [1.165, 1.54) is 5.56 Å². The van der Waals surface area contributed by atoms with Crippen LogP contribution >= 0.6 is 15.9 Å². The predicted molar refractivity (Wildman–Crippen MR) is 101 cm³/mol. The molecule has 0 heterocycles. The lowest BCUT2D eigenvalue weighted by Gasteiger charge is -2.22. The topological polar surface area (TPSA) is 38.3 Å².